The summed E-state index contributed by atoms with van der Waals surface area (Å²) in [4.78, 5) is 24.6. The van der Waals surface area contributed by atoms with E-state index in [1.807, 2.05) is 26.0 Å². The molecule has 3 aromatic rings. The second-order valence-electron chi connectivity index (χ2n) is 6.36. The van der Waals surface area contributed by atoms with Crippen molar-refractivity contribution in [3.63, 3.8) is 0 Å². The molecule has 3 rings (SSSR count). The summed E-state index contributed by atoms with van der Waals surface area (Å²) in [6, 6.07) is 7.98. The van der Waals surface area contributed by atoms with E-state index in [2.05, 4.69) is 5.32 Å². The molecule has 2 aromatic carbocycles. The molecular weight excluding hydrogens is 334 g/mol. The summed E-state index contributed by atoms with van der Waals surface area (Å²) in [7, 11) is 0. The van der Waals surface area contributed by atoms with E-state index in [4.69, 9.17) is 4.42 Å². The van der Waals surface area contributed by atoms with Gasteiger partial charge in [-0.15, -0.1) is 0 Å². The topological polar surface area (TPSA) is 99.8 Å². The molecule has 0 aliphatic carbocycles. The van der Waals surface area contributed by atoms with Crippen molar-refractivity contribution in [2.45, 2.75) is 27.2 Å². The number of aromatic hydroxyl groups is 2. The Morgan fingerprint density at radius 1 is 1.08 bits per heavy atom. The van der Waals surface area contributed by atoms with Crippen molar-refractivity contribution in [2.24, 2.45) is 0 Å². The standard InChI is InChI=1S/C20H19NO5/c1-10-4-5-13(6-11(10)2)21-18(24)9-15-12(3)19-16(23)7-14(22)8-17(19)26-20(15)25/h4-8,22-23H,9H2,1-3H3,(H,21,24). The molecule has 0 aliphatic heterocycles. The van der Waals surface area contributed by atoms with Crippen LogP contribution in [0.25, 0.3) is 11.0 Å². The summed E-state index contributed by atoms with van der Waals surface area (Å²) >= 11 is 0. The van der Waals surface area contributed by atoms with E-state index < -0.39 is 5.63 Å². The zero-order valence-corrected chi connectivity index (χ0v) is 14.7. The average Bonchev–Trinajstić information content (AvgIpc) is 2.54. The summed E-state index contributed by atoms with van der Waals surface area (Å²) in [5, 5.41) is 22.6. The van der Waals surface area contributed by atoms with Gasteiger partial charge >= 0.3 is 5.63 Å². The summed E-state index contributed by atoms with van der Waals surface area (Å²) in [5.41, 5.74) is 2.83. The summed E-state index contributed by atoms with van der Waals surface area (Å²) in [6.07, 6.45) is -0.183. The van der Waals surface area contributed by atoms with Crippen LogP contribution in [0.15, 0.2) is 39.5 Å². The van der Waals surface area contributed by atoms with Gasteiger partial charge in [-0.05, 0) is 49.6 Å². The number of nitrogens with one attached hydrogen (secondary N) is 1. The van der Waals surface area contributed by atoms with E-state index in [0.717, 1.165) is 17.2 Å². The fourth-order valence-corrected chi connectivity index (χ4v) is 2.90. The van der Waals surface area contributed by atoms with Gasteiger partial charge in [0.25, 0.3) is 0 Å². The number of hydrogen-bond donors (Lipinski definition) is 3. The fraction of sp³-hybridized carbons (Fsp3) is 0.200. The number of phenolic OH excluding ortho intramolecular Hbond substituents is 2. The molecule has 1 aromatic heterocycles. The lowest BCUT2D eigenvalue weighted by atomic mass is 10.0. The number of anilines is 1. The van der Waals surface area contributed by atoms with Crippen LogP contribution in [0.2, 0.25) is 0 Å². The van der Waals surface area contributed by atoms with Crippen LogP contribution in [-0.4, -0.2) is 16.1 Å². The number of aryl methyl sites for hydroxylation is 3. The number of hydrogen-bond acceptors (Lipinski definition) is 5. The minimum atomic E-state index is -0.671. The van der Waals surface area contributed by atoms with Crippen LogP contribution in [0.1, 0.15) is 22.3 Å². The van der Waals surface area contributed by atoms with Gasteiger partial charge in [-0.25, -0.2) is 4.79 Å². The molecule has 3 N–H and O–H groups in total. The van der Waals surface area contributed by atoms with Crippen LogP contribution in [0.3, 0.4) is 0 Å². The van der Waals surface area contributed by atoms with Crippen molar-refractivity contribution in [2.75, 3.05) is 5.32 Å². The third kappa shape index (κ3) is 3.26. The largest absolute Gasteiger partial charge is 0.508 e. The number of fused-ring (bicyclic) bond motifs is 1. The lowest BCUT2D eigenvalue weighted by Gasteiger charge is -2.11. The van der Waals surface area contributed by atoms with Crippen LogP contribution in [0.5, 0.6) is 11.5 Å². The third-order valence-corrected chi connectivity index (χ3v) is 4.47. The van der Waals surface area contributed by atoms with Gasteiger partial charge in [-0.3, -0.25) is 4.79 Å². The first-order valence-corrected chi connectivity index (χ1v) is 8.11. The molecule has 0 aliphatic rings. The van der Waals surface area contributed by atoms with Gasteiger partial charge in [0.15, 0.2) is 0 Å². The molecule has 0 radical (unpaired) electrons. The number of phenols is 2. The van der Waals surface area contributed by atoms with Gasteiger partial charge in [0.2, 0.25) is 5.91 Å². The first-order chi connectivity index (χ1) is 12.3. The number of benzene rings is 2. The molecule has 0 unspecified atom stereocenters. The predicted molar refractivity (Wildman–Crippen MR) is 98.8 cm³/mol. The fourth-order valence-electron chi connectivity index (χ4n) is 2.90. The average molecular weight is 353 g/mol. The van der Waals surface area contributed by atoms with E-state index >= 15 is 0 Å². The number of amides is 1. The normalized spacial score (nSPS) is 10.9. The zero-order chi connectivity index (χ0) is 19.0. The predicted octanol–water partition coefficient (Wildman–Crippen LogP) is 3.31. The Hall–Kier alpha value is -3.28. The highest BCUT2D eigenvalue weighted by atomic mass is 16.4. The smallest absolute Gasteiger partial charge is 0.340 e. The van der Waals surface area contributed by atoms with Crippen molar-refractivity contribution in [1.82, 2.24) is 0 Å². The highest BCUT2D eigenvalue weighted by molar-refractivity contribution is 5.94. The van der Waals surface area contributed by atoms with Crippen LogP contribution in [-0.2, 0) is 11.2 Å². The van der Waals surface area contributed by atoms with Gasteiger partial charge in [-0.2, -0.15) is 0 Å². The maximum atomic E-state index is 12.4. The lowest BCUT2D eigenvalue weighted by molar-refractivity contribution is -0.115. The molecule has 1 amide bonds. The van der Waals surface area contributed by atoms with Gasteiger partial charge < -0.3 is 19.9 Å². The van der Waals surface area contributed by atoms with Crippen molar-refractivity contribution >= 4 is 22.6 Å². The molecule has 6 nitrogen and oxygen atoms in total. The Bertz CT molecular complexity index is 1080. The SMILES string of the molecule is Cc1ccc(NC(=O)Cc2c(C)c3c(O)cc(O)cc3oc2=O)cc1C. The van der Waals surface area contributed by atoms with Crippen LogP contribution >= 0.6 is 0 Å². The van der Waals surface area contributed by atoms with Gasteiger partial charge in [0.05, 0.1) is 17.4 Å². The molecular formula is C20H19NO5. The summed E-state index contributed by atoms with van der Waals surface area (Å²) in [5.74, 6) is -0.781. The first kappa shape index (κ1) is 17.5. The van der Waals surface area contributed by atoms with Crippen molar-refractivity contribution in [3.8, 4) is 11.5 Å². The van der Waals surface area contributed by atoms with E-state index in [1.54, 1.807) is 13.0 Å². The van der Waals surface area contributed by atoms with E-state index in [1.165, 1.54) is 6.07 Å². The third-order valence-electron chi connectivity index (χ3n) is 4.47. The first-order valence-electron chi connectivity index (χ1n) is 8.11. The quantitative estimate of drug-likeness (QED) is 0.627. The minimum Gasteiger partial charge on any atom is -0.508 e. The minimum absolute atomic E-state index is 0.0725. The van der Waals surface area contributed by atoms with Crippen molar-refractivity contribution in [1.29, 1.82) is 0 Å². The number of rotatable bonds is 3. The van der Waals surface area contributed by atoms with Gasteiger partial charge in [0.1, 0.15) is 17.1 Å². The van der Waals surface area contributed by atoms with Crippen molar-refractivity contribution in [3.05, 3.63) is 63.0 Å². The van der Waals surface area contributed by atoms with E-state index in [9.17, 15) is 19.8 Å². The Balaban J connectivity index is 1.94. The van der Waals surface area contributed by atoms with Crippen molar-refractivity contribution < 1.29 is 19.4 Å². The van der Waals surface area contributed by atoms with Crippen LogP contribution in [0, 0.1) is 20.8 Å². The van der Waals surface area contributed by atoms with E-state index in [-0.39, 0.29) is 35.0 Å². The zero-order valence-electron chi connectivity index (χ0n) is 14.7. The Morgan fingerprint density at radius 2 is 1.81 bits per heavy atom. The molecule has 0 saturated carbocycles. The Morgan fingerprint density at radius 3 is 2.50 bits per heavy atom. The van der Waals surface area contributed by atoms with E-state index in [0.29, 0.717) is 16.6 Å². The Kier molecular flexibility index (Phi) is 4.42. The second-order valence-corrected chi connectivity index (χ2v) is 6.36. The number of carbonyl (C=O) groups is 1. The molecule has 0 atom stereocenters. The molecule has 0 spiro atoms. The molecule has 134 valence electrons. The maximum Gasteiger partial charge on any atom is 0.340 e. The van der Waals surface area contributed by atoms with Crippen LogP contribution < -0.4 is 10.9 Å². The van der Waals surface area contributed by atoms with Gasteiger partial charge in [-0.1, -0.05) is 6.07 Å². The molecule has 6 heteroatoms. The maximum absolute atomic E-state index is 12.4. The molecule has 0 bridgehead atoms. The number of carbonyl (C=O) groups excluding carboxylic acids is 1. The summed E-state index contributed by atoms with van der Waals surface area (Å²) < 4.78 is 5.17. The second kappa shape index (κ2) is 6.55. The highest BCUT2D eigenvalue weighted by Gasteiger charge is 2.18. The summed E-state index contributed by atoms with van der Waals surface area (Å²) in [6.45, 7) is 5.56. The van der Waals surface area contributed by atoms with Crippen LogP contribution in [0.4, 0.5) is 5.69 Å². The molecule has 1 heterocycles. The highest BCUT2D eigenvalue weighted by Crippen LogP contribution is 2.32. The monoisotopic (exact) mass is 353 g/mol. The Labute approximate surface area is 149 Å². The molecule has 26 heavy (non-hydrogen) atoms. The lowest BCUT2D eigenvalue weighted by Crippen LogP contribution is -2.20. The molecule has 0 fully saturated rings. The molecule has 0 saturated heterocycles. The van der Waals surface area contributed by atoms with Gasteiger partial charge in [0, 0.05) is 17.8 Å².